The third-order valence-electron chi connectivity index (χ3n) is 6.37. The van der Waals surface area contributed by atoms with E-state index in [-0.39, 0.29) is 28.5 Å². The number of nitrogens with zero attached hydrogens (tertiary/aromatic N) is 7. The lowest BCUT2D eigenvalue weighted by Gasteiger charge is -2.18. The van der Waals surface area contributed by atoms with Crippen molar-refractivity contribution in [2.75, 3.05) is 18.0 Å². The van der Waals surface area contributed by atoms with Crippen molar-refractivity contribution in [2.24, 2.45) is 17.3 Å². The summed E-state index contributed by atoms with van der Waals surface area (Å²) in [7, 11) is 0. The fourth-order valence-electron chi connectivity index (χ4n) is 5.05. The number of carbonyl (C=O) groups is 1. The Morgan fingerprint density at radius 1 is 1.39 bits per heavy atom. The third-order valence-corrected chi connectivity index (χ3v) is 6.55. The zero-order chi connectivity index (χ0) is 19.0. The Kier molecular flexibility index (Phi) is 3.07. The molecule has 0 spiro atoms. The van der Waals surface area contributed by atoms with Crippen LogP contribution < -0.4 is 10.2 Å². The van der Waals surface area contributed by atoms with Crippen LogP contribution in [-0.2, 0) is 0 Å². The molecule has 1 amide bonds. The molecule has 4 fully saturated rings. The SMILES string of the molecule is O=C(NCC[C@@]12C3[C@H]1[C@H]2CN3c1nc(Cl)ncc1F)c1cnc2nncn2c1. The normalized spacial score (nSPS) is 29.1. The highest BCUT2D eigenvalue weighted by molar-refractivity contribution is 6.28. The first-order valence-electron chi connectivity index (χ1n) is 8.98. The van der Waals surface area contributed by atoms with Crippen molar-refractivity contribution in [3.8, 4) is 0 Å². The molecule has 3 aromatic heterocycles. The van der Waals surface area contributed by atoms with E-state index in [4.69, 9.17) is 11.6 Å². The van der Waals surface area contributed by atoms with Crippen molar-refractivity contribution in [2.45, 2.75) is 12.5 Å². The van der Waals surface area contributed by atoms with Crippen LogP contribution in [0.2, 0.25) is 5.28 Å². The Labute approximate surface area is 163 Å². The van der Waals surface area contributed by atoms with Crippen molar-refractivity contribution >= 4 is 29.1 Å². The molecule has 5 heterocycles. The van der Waals surface area contributed by atoms with Crippen molar-refractivity contribution in [3.05, 3.63) is 41.6 Å². The van der Waals surface area contributed by atoms with E-state index in [2.05, 4.69) is 30.5 Å². The van der Waals surface area contributed by atoms with E-state index >= 15 is 0 Å². The summed E-state index contributed by atoms with van der Waals surface area (Å²) in [6.45, 7) is 1.34. The van der Waals surface area contributed by atoms with Crippen LogP contribution in [0, 0.1) is 23.1 Å². The highest BCUT2D eigenvalue weighted by Gasteiger charge is 2.91. The number of aromatic nitrogens is 6. The van der Waals surface area contributed by atoms with Gasteiger partial charge in [0.1, 0.15) is 6.33 Å². The molecular formula is C17H14ClFN8O. The van der Waals surface area contributed by atoms with Crippen molar-refractivity contribution < 1.29 is 9.18 Å². The molecule has 0 radical (unpaired) electrons. The van der Waals surface area contributed by atoms with Gasteiger partial charge < -0.3 is 10.2 Å². The molecule has 9 nitrogen and oxygen atoms in total. The number of fused-ring (bicyclic) bond motifs is 2. The monoisotopic (exact) mass is 400 g/mol. The smallest absolute Gasteiger partial charge is 0.254 e. The second kappa shape index (κ2) is 5.34. The van der Waals surface area contributed by atoms with Crippen molar-refractivity contribution in [1.29, 1.82) is 0 Å². The number of rotatable bonds is 5. The zero-order valence-electron chi connectivity index (χ0n) is 14.5. The summed E-state index contributed by atoms with van der Waals surface area (Å²) in [6, 6.07) is 0.282. The molecule has 2 bridgehead atoms. The first-order chi connectivity index (χ1) is 13.6. The highest BCUT2D eigenvalue weighted by Crippen LogP contribution is 2.87. The van der Waals surface area contributed by atoms with E-state index in [9.17, 15) is 9.18 Å². The van der Waals surface area contributed by atoms with Crippen LogP contribution >= 0.6 is 11.6 Å². The van der Waals surface area contributed by atoms with Crippen LogP contribution in [0.4, 0.5) is 10.2 Å². The average molecular weight is 401 g/mol. The van der Waals surface area contributed by atoms with Crippen LogP contribution in [0.15, 0.2) is 24.9 Å². The number of anilines is 1. The topological polar surface area (TPSA) is 101 Å². The molecule has 0 aromatic carbocycles. The molecule has 2 aliphatic heterocycles. The largest absolute Gasteiger partial charge is 0.352 e. The second-order valence-electron chi connectivity index (χ2n) is 7.54. The lowest BCUT2D eigenvalue weighted by molar-refractivity contribution is 0.0951. The van der Waals surface area contributed by atoms with Gasteiger partial charge in [-0.2, -0.15) is 4.98 Å². The maximum atomic E-state index is 14.1. The molecular weight excluding hydrogens is 387 g/mol. The van der Waals surface area contributed by atoms with Crippen LogP contribution in [0.25, 0.3) is 5.78 Å². The van der Waals surface area contributed by atoms with E-state index in [1.807, 2.05) is 4.90 Å². The summed E-state index contributed by atoms with van der Waals surface area (Å²) < 4.78 is 15.7. The van der Waals surface area contributed by atoms with Gasteiger partial charge in [0, 0.05) is 36.9 Å². The minimum absolute atomic E-state index is 0.0514. The second-order valence-corrected chi connectivity index (χ2v) is 7.88. The molecule has 11 heteroatoms. The van der Waals surface area contributed by atoms with Gasteiger partial charge in [-0.1, -0.05) is 0 Å². The van der Waals surface area contributed by atoms with E-state index in [0.29, 0.717) is 29.7 Å². The molecule has 3 aromatic rings. The first-order valence-corrected chi connectivity index (χ1v) is 9.35. The van der Waals surface area contributed by atoms with Crippen LogP contribution in [0.3, 0.4) is 0 Å². The number of piperidine rings is 1. The minimum Gasteiger partial charge on any atom is -0.352 e. The Hall–Kier alpha value is -2.88. The molecule has 142 valence electrons. The van der Waals surface area contributed by atoms with Gasteiger partial charge in [-0.05, 0) is 29.9 Å². The number of halogens is 2. The van der Waals surface area contributed by atoms with Crippen LogP contribution in [0.1, 0.15) is 16.8 Å². The van der Waals surface area contributed by atoms with Gasteiger partial charge in [-0.25, -0.2) is 14.4 Å². The lowest BCUT2D eigenvalue weighted by Crippen LogP contribution is -2.28. The number of nitrogens with one attached hydrogen (secondary N) is 1. The number of carbonyl (C=O) groups excluding carboxylic acids is 1. The Morgan fingerprint density at radius 3 is 3.14 bits per heavy atom. The molecule has 2 aliphatic carbocycles. The maximum absolute atomic E-state index is 14.1. The van der Waals surface area contributed by atoms with Gasteiger partial charge in [0.2, 0.25) is 5.28 Å². The molecule has 2 saturated heterocycles. The van der Waals surface area contributed by atoms with Crippen molar-refractivity contribution in [1.82, 2.24) is 34.9 Å². The highest BCUT2D eigenvalue weighted by atomic mass is 35.5. The summed E-state index contributed by atoms with van der Waals surface area (Å²) in [5.41, 5.74) is 0.628. The van der Waals surface area contributed by atoms with Crippen molar-refractivity contribution in [3.63, 3.8) is 0 Å². The van der Waals surface area contributed by atoms with Crippen LogP contribution in [-0.4, -0.2) is 54.6 Å². The van der Waals surface area contributed by atoms with E-state index in [1.165, 1.54) is 12.5 Å². The fraction of sp³-hybridized carbons (Fsp3) is 0.412. The quantitative estimate of drug-likeness (QED) is 0.636. The van der Waals surface area contributed by atoms with Gasteiger partial charge >= 0.3 is 0 Å². The van der Waals surface area contributed by atoms with E-state index < -0.39 is 5.82 Å². The Bertz CT molecular complexity index is 1130. The molecule has 7 rings (SSSR count). The van der Waals surface area contributed by atoms with Gasteiger partial charge in [0.25, 0.3) is 11.7 Å². The fourth-order valence-corrected chi connectivity index (χ4v) is 5.18. The predicted molar refractivity (Wildman–Crippen MR) is 95.3 cm³/mol. The summed E-state index contributed by atoms with van der Waals surface area (Å²) in [6.07, 6.45) is 6.62. The number of hydrogen-bond acceptors (Lipinski definition) is 7. The van der Waals surface area contributed by atoms with E-state index in [0.717, 1.165) is 19.2 Å². The molecule has 4 atom stereocenters. The molecule has 1 unspecified atom stereocenters. The first kappa shape index (κ1) is 16.1. The summed E-state index contributed by atoms with van der Waals surface area (Å²) in [4.78, 5) is 26.2. The number of amides is 1. The maximum Gasteiger partial charge on any atom is 0.254 e. The minimum atomic E-state index is -0.448. The summed E-state index contributed by atoms with van der Waals surface area (Å²) in [5, 5.41) is 10.6. The molecule has 28 heavy (non-hydrogen) atoms. The lowest BCUT2D eigenvalue weighted by atomic mass is 10.0. The summed E-state index contributed by atoms with van der Waals surface area (Å²) >= 11 is 5.83. The third kappa shape index (κ3) is 2.06. The van der Waals surface area contributed by atoms with E-state index in [1.54, 1.807) is 10.6 Å². The molecule has 4 aliphatic rings. The molecule has 2 saturated carbocycles. The molecule has 1 N–H and O–H groups in total. The summed E-state index contributed by atoms with van der Waals surface area (Å²) in [5.74, 6) is 1.20. The predicted octanol–water partition coefficient (Wildman–Crippen LogP) is 0.961. The van der Waals surface area contributed by atoms with Gasteiger partial charge in [-0.3, -0.25) is 9.20 Å². The number of hydrogen-bond donors (Lipinski definition) is 1. The average Bonchev–Trinajstić information content (AvgIpc) is 3.23. The van der Waals surface area contributed by atoms with Gasteiger partial charge in [0.15, 0.2) is 11.6 Å². The zero-order valence-corrected chi connectivity index (χ0v) is 15.2. The Balaban J connectivity index is 1.10. The standard InChI is InChI=1S/C17H14ClFN8O/c18-15-21-4-10(19)13(24-15)27-6-9-11-12(27)17(9,11)1-2-20-14(28)8-3-22-16-25-23-7-26(16)5-8/h3-5,7,9,11-12H,1-2,6H2,(H,20,28)/t9-,11-,12?,17+/m1/s1. The van der Waals surface area contributed by atoms with Gasteiger partial charge in [-0.15, -0.1) is 10.2 Å². The van der Waals surface area contributed by atoms with Crippen LogP contribution in [0.5, 0.6) is 0 Å². The Morgan fingerprint density at radius 2 is 2.29 bits per heavy atom. The van der Waals surface area contributed by atoms with Gasteiger partial charge in [0.05, 0.1) is 11.8 Å².